The van der Waals surface area contributed by atoms with Crippen LogP contribution >= 0.6 is 0 Å². The molecule has 5 heteroatoms. The maximum Gasteiger partial charge on any atom is 0.410 e. The largest absolute Gasteiger partial charge is 0.444 e. The molecule has 2 aliphatic rings. The van der Waals surface area contributed by atoms with Crippen molar-refractivity contribution in [1.29, 1.82) is 0 Å². The number of hydrogen-bond donors (Lipinski definition) is 1. The van der Waals surface area contributed by atoms with Gasteiger partial charge in [0.25, 0.3) is 0 Å². The van der Waals surface area contributed by atoms with Crippen molar-refractivity contribution in [2.45, 2.75) is 51.2 Å². The second kappa shape index (κ2) is 5.29. The number of hydrogen-bond acceptors (Lipinski definition) is 4. The van der Waals surface area contributed by atoms with E-state index in [-0.39, 0.29) is 24.2 Å². The fraction of sp³-hybridized carbons (Fsp3) is 0.929. The zero-order valence-electron chi connectivity index (χ0n) is 12.1. The third kappa shape index (κ3) is 3.20. The topological polar surface area (TPSA) is 59.0 Å². The first kappa shape index (κ1) is 14.6. The Kier molecular flexibility index (Phi) is 4.06. The second-order valence-electron chi connectivity index (χ2n) is 6.59. The first-order valence-corrected chi connectivity index (χ1v) is 7.09. The average molecular weight is 271 g/mol. The van der Waals surface area contributed by atoms with E-state index in [1.165, 1.54) is 0 Å². The Morgan fingerprint density at radius 2 is 2.26 bits per heavy atom. The maximum atomic E-state index is 12.1. The van der Waals surface area contributed by atoms with Crippen LogP contribution < -0.4 is 0 Å². The van der Waals surface area contributed by atoms with Gasteiger partial charge in [-0.1, -0.05) is 6.42 Å². The molecule has 1 amide bonds. The van der Waals surface area contributed by atoms with Crippen molar-refractivity contribution >= 4 is 6.09 Å². The van der Waals surface area contributed by atoms with Gasteiger partial charge in [-0.2, -0.15) is 0 Å². The van der Waals surface area contributed by atoms with Crippen molar-refractivity contribution in [3.8, 4) is 0 Å². The minimum absolute atomic E-state index is 0.127. The predicted octanol–water partition coefficient (Wildman–Crippen LogP) is 1.78. The predicted molar refractivity (Wildman–Crippen MR) is 70.9 cm³/mol. The molecule has 110 valence electrons. The quantitative estimate of drug-likeness (QED) is 0.790. The Balaban J connectivity index is 2.03. The van der Waals surface area contributed by atoms with Gasteiger partial charge in [0.05, 0.1) is 18.8 Å². The van der Waals surface area contributed by atoms with Gasteiger partial charge in [0.2, 0.25) is 0 Å². The summed E-state index contributed by atoms with van der Waals surface area (Å²) < 4.78 is 11.3. The fourth-order valence-electron chi connectivity index (χ4n) is 3.06. The van der Waals surface area contributed by atoms with E-state index in [0.717, 1.165) is 19.3 Å². The van der Waals surface area contributed by atoms with E-state index in [1.807, 2.05) is 20.8 Å². The van der Waals surface area contributed by atoms with E-state index in [9.17, 15) is 9.90 Å². The lowest BCUT2D eigenvalue weighted by molar-refractivity contribution is -0.134. The van der Waals surface area contributed by atoms with Crippen LogP contribution in [-0.2, 0) is 9.47 Å². The summed E-state index contributed by atoms with van der Waals surface area (Å²) in [4.78, 5) is 13.9. The molecule has 0 bridgehead atoms. The minimum Gasteiger partial charge on any atom is -0.444 e. The molecular weight excluding hydrogens is 246 g/mol. The van der Waals surface area contributed by atoms with Crippen molar-refractivity contribution in [2.75, 3.05) is 26.3 Å². The van der Waals surface area contributed by atoms with E-state index in [1.54, 1.807) is 4.90 Å². The van der Waals surface area contributed by atoms with Crippen molar-refractivity contribution < 1.29 is 19.4 Å². The Bertz CT molecular complexity index is 339. The van der Waals surface area contributed by atoms with Crippen LogP contribution in [-0.4, -0.2) is 53.6 Å². The normalized spacial score (nSPS) is 31.8. The van der Waals surface area contributed by atoms with Gasteiger partial charge in [-0.05, 0) is 33.6 Å². The molecule has 19 heavy (non-hydrogen) atoms. The molecule has 2 fully saturated rings. The van der Waals surface area contributed by atoms with E-state index in [0.29, 0.717) is 19.7 Å². The molecule has 2 unspecified atom stereocenters. The molecule has 1 heterocycles. The van der Waals surface area contributed by atoms with E-state index < -0.39 is 5.60 Å². The summed E-state index contributed by atoms with van der Waals surface area (Å²) in [6, 6.07) is 0. The molecule has 1 aliphatic heterocycles. The molecule has 0 aromatic rings. The lowest BCUT2D eigenvalue weighted by Crippen LogP contribution is -2.56. The summed E-state index contributed by atoms with van der Waals surface area (Å²) in [6.07, 6.45) is 2.66. The van der Waals surface area contributed by atoms with Crippen LogP contribution in [0.4, 0.5) is 4.79 Å². The van der Waals surface area contributed by atoms with Gasteiger partial charge in [-0.3, -0.25) is 0 Å². The molecule has 2 atom stereocenters. The highest BCUT2D eigenvalue weighted by atomic mass is 16.6. The Hall–Kier alpha value is -0.810. The SMILES string of the molecule is CC(C)(C)OC(=O)N1CCOC2(CCCC2CO)C1. The first-order valence-electron chi connectivity index (χ1n) is 7.09. The van der Waals surface area contributed by atoms with Crippen LogP contribution in [0, 0.1) is 5.92 Å². The molecule has 1 aliphatic carbocycles. The molecule has 0 aromatic heterocycles. The average Bonchev–Trinajstić information content (AvgIpc) is 2.69. The van der Waals surface area contributed by atoms with Crippen LogP contribution in [0.25, 0.3) is 0 Å². The molecule has 2 rings (SSSR count). The van der Waals surface area contributed by atoms with E-state index >= 15 is 0 Å². The van der Waals surface area contributed by atoms with Crippen LogP contribution in [0.15, 0.2) is 0 Å². The highest BCUT2D eigenvalue weighted by Gasteiger charge is 2.48. The second-order valence-corrected chi connectivity index (χ2v) is 6.59. The molecule has 0 aromatic carbocycles. The molecule has 1 spiro atoms. The third-order valence-electron chi connectivity index (χ3n) is 3.98. The Morgan fingerprint density at radius 3 is 2.89 bits per heavy atom. The molecule has 0 radical (unpaired) electrons. The highest BCUT2D eigenvalue weighted by Crippen LogP contribution is 2.41. The van der Waals surface area contributed by atoms with Crippen LogP contribution in [0.5, 0.6) is 0 Å². The summed E-state index contributed by atoms with van der Waals surface area (Å²) in [5.74, 6) is 0.137. The highest BCUT2D eigenvalue weighted by molar-refractivity contribution is 5.68. The van der Waals surface area contributed by atoms with Gasteiger partial charge in [0.1, 0.15) is 5.60 Å². The number of amides is 1. The van der Waals surface area contributed by atoms with Gasteiger partial charge in [-0.25, -0.2) is 4.79 Å². The Morgan fingerprint density at radius 1 is 1.53 bits per heavy atom. The third-order valence-corrected chi connectivity index (χ3v) is 3.98. The zero-order valence-corrected chi connectivity index (χ0v) is 12.1. The van der Waals surface area contributed by atoms with Gasteiger partial charge in [-0.15, -0.1) is 0 Å². The summed E-state index contributed by atoms with van der Waals surface area (Å²) in [5.41, 5.74) is -0.835. The van der Waals surface area contributed by atoms with Crippen LogP contribution in [0.2, 0.25) is 0 Å². The van der Waals surface area contributed by atoms with Crippen molar-refractivity contribution in [3.63, 3.8) is 0 Å². The lowest BCUT2D eigenvalue weighted by Gasteiger charge is -2.43. The molecule has 5 nitrogen and oxygen atoms in total. The number of aliphatic hydroxyl groups is 1. The maximum absolute atomic E-state index is 12.1. The lowest BCUT2D eigenvalue weighted by atomic mass is 9.89. The number of carbonyl (C=O) groups excluding carboxylic acids is 1. The van der Waals surface area contributed by atoms with E-state index in [2.05, 4.69) is 0 Å². The van der Waals surface area contributed by atoms with E-state index in [4.69, 9.17) is 9.47 Å². The number of rotatable bonds is 1. The zero-order chi connectivity index (χ0) is 14.1. The summed E-state index contributed by atoms with van der Waals surface area (Å²) in [5, 5.41) is 9.48. The fourth-order valence-corrected chi connectivity index (χ4v) is 3.06. The summed E-state index contributed by atoms with van der Waals surface area (Å²) in [6.45, 7) is 7.35. The standard InChI is InChI=1S/C14H25NO4/c1-13(2,3)19-12(17)15-7-8-18-14(10-15)6-4-5-11(14)9-16/h11,16H,4-10H2,1-3H3. The van der Waals surface area contributed by atoms with Gasteiger partial charge < -0.3 is 19.5 Å². The van der Waals surface area contributed by atoms with Gasteiger partial charge in [0, 0.05) is 19.1 Å². The van der Waals surface area contributed by atoms with Gasteiger partial charge in [0.15, 0.2) is 0 Å². The summed E-state index contributed by atoms with van der Waals surface area (Å²) in [7, 11) is 0. The first-order chi connectivity index (χ1) is 8.86. The smallest absolute Gasteiger partial charge is 0.410 e. The molecule has 1 N–H and O–H groups in total. The van der Waals surface area contributed by atoms with Gasteiger partial charge >= 0.3 is 6.09 Å². The molecule has 1 saturated heterocycles. The number of carbonyl (C=O) groups is 1. The monoisotopic (exact) mass is 271 g/mol. The summed E-state index contributed by atoms with van der Waals surface area (Å²) >= 11 is 0. The van der Waals surface area contributed by atoms with Crippen molar-refractivity contribution in [1.82, 2.24) is 4.90 Å². The Labute approximate surface area is 114 Å². The number of morpholine rings is 1. The molecule has 1 saturated carbocycles. The van der Waals surface area contributed by atoms with Crippen LogP contribution in [0.3, 0.4) is 0 Å². The molecular formula is C14H25NO4. The minimum atomic E-state index is -0.478. The van der Waals surface area contributed by atoms with Crippen molar-refractivity contribution in [2.24, 2.45) is 5.92 Å². The van der Waals surface area contributed by atoms with Crippen molar-refractivity contribution in [3.05, 3.63) is 0 Å². The number of ether oxygens (including phenoxy) is 2. The number of nitrogens with zero attached hydrogens (tertiary/aromatic N) is 1. The number of aliphatic hydroxyl groups excluding tert-OH is 1. The van der Waals surface area contributed by atoms with Crippen LogP contribution in [0.1, 0.15) is 40.0 Å².